The number of rotatable bonds is 7. The molecule has 0 spiro atoms. The van der Waals surface area contributed by atoms with Crippen LogP contribution in [0.15, 0.2) is 9.95 Å². The smallest absolute Gasteiger partial charge is 0.294 e. The lowest BCUT2D eigenvalue weighted by atomic mass is 10.2. The molecule has 1 amide bonds. The fourth-order valence-corrected chi connectivity index (χ4v) is 2.18. The molecule has 1 heterocycles. The Morgan fingerprint density at radius 2 is 2.29 bits per heavy atom. The zero-order chi connectivity index (χ0) is 12.7. The molecule has 0 radical (unpaired) electrons. The average Bonchev–Trinajstić information content (AvgIpc) is 2.64. The van der Waals surface area contributed by atoms with E-state index in [1.807, 2.05) is 0 Å². The van der Waals surface area contributed by atoms with Crippen LogP contribution >= 0.6 is 11.8 Å². The van der Waals surface area contributed by atoms with Crippen LogP contribution in [0.25, 0.3) is 0 Å². The molecule has 1 aromatic rings. The summed E-state index contributed by atoms with van der Waals surface area (Å²) >= 11 is 1.53. The number of aromatic amines is 1. The minimum atomic E-state index is -0.202. The first kappa shape index (κ1) is 13.8. The zero-order valence-corrected chi connectivity index (χ0v) is 10.5. The van der Waals surface area contributed by atoms with Gasteiger partial charge in [-0.05, 0) is 12.8 Å². The van der Waals surface area contributed by atoms with Gasteiger partial charge in [-0.3, -0.25) is 14.8 Å². The van der Waals surface area contributed by atoms with Crippen LogP contribution in [0.5, 0.6) is 0 Å². The number of hydrazine groups is 1. The van der Waals surface area contributed by atoms with E-state index >= 15 is 0 Å². The molecule has 0 aliphatic carbocycles. The highest BCUT2D eigenvalue weighted by atomic mass is 32.2. The molecule has 4 N–H and O–H groups in total. The summed E-state index contributed by atoms with van der Waals surface area (Å²) in [6.07, 6.45) is 3.22. The summed E-state index contributed by atoms with van der Waals surface area (Å²) in [5, 5.41) is 6.95. The van der Waals surface area contributed by atoms with Crippen LogP contribution in [-0.2, 0) is 11.8 Å². The van der Waals surface area contributed by atoms with Crippen LogP contribution < -0.4 is 17.0 Å². The molecule has 0 aliphatic rings. The van der Waals surface area contributed by atoms with Gasteiger partial charge >= 0.3 is 5.69 Å². The lowest BCUT2D eigenvalue weighted by molar-refractivity contribution is -0.121. The van der Waals surface area contributed by atoms with Crippen molar-refractivity contribution < 1.29 is 4.79 Å². The van der Waals surface area contributed by atoms with Crippen molar-refractivity contribution in [2.24, 2.45) is 12.9 Å². The Bertz CT molecular complexity index is 414. The van der Waals surface area contributed by atoms with Crippen molar-refractivity contribution in [3.05, 3.63) is 10.5 Å². The summed E-state index contributed by atoms with van der Waals surface area (Å²) in [5.74, 6) is 5.71. The Kier molecular flexibility index (Phi) is 5.78. The van der Waals surface area contributed by atoms with E-state index in [-0.39, 0.29) is 11.6 Å². The Hall–Kier alpha value is -1.28. The highest BCUT2D eigenvalue weighted by Gasteiger charge is 2.04. The predicted octanol–water partition coefficient (Wildman–Crippen LogP) is -0.249. The van der Waals surface area contributed by atoms with E-state index in [1.165, 1.54) is 16.3 Å². The van der Waals surface area contributed by atoms with Gasteiger partial charge in [-0.1, -0.05) is 18.2 Å². The quantitative estimate of drug-likeness (QED) is 0.206. The Morgan fingerprint density at radius 3 is 2.88 bits per heavy atom. The molecule has 0 aromatic carbocycles. The molecule has 0 saturated heterocycles. The lowest BCUT2D eigenvalue weighted by Gasteiger charge is -2.01. The van der Waals surface area contributed by atoms with Gasteiger partial charge in [0.2, 0.25) is 5.91 Å². The van der Waals surface area contributed by atoms with Gasteiger partial charge in [0.15, 0.2) is 5.16 Å². The number of hydrogen-bond donors (Lipinski definition) is 3. The molecule has 0 aliphatic heterocycles. The van der Waals surface area contributed by atoms with Crippen molar-refractivity contribution in [3.63, 3.8) is 0 Å². The van der Waals surface area contributed by atoms with Crippen molar-refractivity contribution in [2.75, 3.05) is 5.75 Å². The number of hydrogen-bond acceptors (Lipinski definition) is 5. The second-order valence-corrected chi connectivity index (χ2v) is 4.66. The fraction of sp³-hybridized carbons (Fsp3) is 0.667. The molecule has 0 unspecified atom stereocenters. The number of nitrogens with one attached hydrogen (secondary N) is 2. The lowest BCUT2D eigenvalue weighted by Crippen LogP contribution is -2.29. The summed E-state index contributed by atoms with van der Waals surface area (Å²) in [5.41, 5.74) is 1.89. The summed E-state index contributed by atoms with van der Waals surface area (Å²) in [4.78, 5) is 21.9. The van der Waals surface area contributed by atoms with E-state index in [2.05, 4.69) is 15.6 Å². The summed E-state index contributed by atoms with van der Waals surface area (Å²) in [6, 6.07) is 0. The van der Waals surface area contributed by atoms with Crippen LogP contribution in [0.1, 0.15) is 25.7 Å². The van der Waals surface area contributed by atoms with E-state index in [9.17, 15) is 9.59 Å². The van der Waals surface area contributed by atoms with Crippen molar-refractivity contribution in [3.8, 4) is 0 Å². The number of aromatic nitrogens is 3. The first-order valence-electron chi connectivity index (χ1n) is 5.38. The number of carbonyl (C=O) groups excluding carboxylic acids is 1. The first-order chi connectivity index (χ1) is 8.15. The van der Waals surface area contributed by atoms with Crippen LogP contribution in [0.4, 0.5) is 0 Å². The molecule has 17 heavy (non-hydrogen) atoms. The van der Waals surface area contributed by atoms with E-state index in [4.69, 9.17) is 5.84 Å². The second-order valence-electron chi connectivity index (χ2n) is 3.60. The van der Waals surface area contributed by atoms with E-state index in [0.29, 0.717) is 11.6 Å². The maximum atomic E-state index is 11.1. The standard InChI is InChI=1S/C9H17N5O2S/c1-14-8(16)12-13-9(14)17-6-4-2-3-5-7(15)11-10/h2-6,10H2,1H3,(H,11,15)(H,12,16). The van der Waals surface area contributed by atoms with Gasteiger partial charge in [-0.15, -0.1) is 5.10 Å². The number of nitrogens with two attached hydrogens (primary N) is 1. The number of carbonyl (C=O) groups is 1. The topological polar surface area (TPSA) is 106 Å². The third-order valence-electron chi connectivity index (χ3n) is 2.28. The largest absolute Gasteiger partial charge is 0.343 e. The summed E-state index contributed by atoms with van der Waals surface area (Å²) in [6.45, 7) is 0. The highest BCUT2D eigenvalue weighted by Crippen LogP contribution is 2.14. The van der Waals surface area contributed by atoms with Crippen molar-refractivity contribution in [1.82, 2.24) is 20.2 Å². The Balaban J connectivity index is 2.11. The van der Waals surface area contributed by atoms with Crippen LogP contribution in [0.3, 0.4) is 0 Å². The Morgan fingerprint density at radius 1 is 1.53 bits per heavy atom. The molecule has 0 atom stereocenters. The Labute approximate surface area is 103 Å². The van der Waals surface area contributed by atoms with Crippen LogP contribution in [-0.4, -0.2) is 26.4 Å². The minimum Gasteiger partial charge on any atom is -0.294 e. The van der Waals surface area contributed by atoms with Gasteiger partial charge in [-0.25, -0.2) is 15.7 Å². The summed E-state index contributed by atoms with van der Waals surface area (Å²) in [7, 11) is 1.68. The number of H-pyrrole nitrogens is 1. The van der Waals surface area contributed by atoms with E-state index < -0.39 is 0 Å². The van der Waals surface area contributed by atoms with Crippen molar-refractivity contribution in [2.45, 2.75) is 30.8 Å². The first-order valence-corrected chi connectivity index (χ1v) is 6.37. The fourth-order valence-electron chi connectivity index (χ4n) is 1.26. The maximum absolute atomic E-state index is 11.1. The van der Waals surface area contributed by atoms with Gasteiger partial charge in [-0.2, -0.15) is 0 Å². The SMILES string of the molecule is Cn1c(SCCCCCC(=O)NN)n[nH]c1=O. The molecule has 0 saturated carbocycles. The number of unbranched alkanes of at least 4 members (excludes halogenated alkanes) is 2. The molecule has 8 heteroatoms. The van der Waals surface area contributed by atoms with Gasteiger partial charge in [0, 0.05) is 19.2 Å². The predicted molar refractivity (Wildman–Crippen MR) is 65.4 cm³/mol. The number of thioether (sulfide) groups is 1. The van der Waals surface area contributed by atoms with Gasteiger partial charge in [0.05, 0.1) is 0 Å². The molecule has 1 aromatic heterocycles. The van der Waals surface area contributed by atoms with E-state index in [0.717, 1.165) is 25.0 Å². The minimum absolute atomic E-state index is 0.132. The van der Waals surface area contributed by atoms with Gasteiger partial charge in [0.25, 0.3) is 0 Å². The third-order valence-corrected chi connectivity index (χ3v) is 3.40. The van der Waals surface area contributed by atoms with Crippen molar-refractivity contribution >= 4 is 17.7 Å². The number of nitrogens with zero attached hydrogens (tertiary/aromatic N) is 2. The molecule has 96 valence electrons. The molecule has 7 nitrogen and oxygen atoms in total. The van der Waals surface area contributed by atoms with E-state index in [1.54, 1.807) is 7.05 Å². The normalized spacial score (nSPS) is 10.5. The van der Waals surface area contributed by atoms with Crippen molar-refractivity contribution in [1.29, 1.82) is 0 Å². The average molecular weight is 259 g/mol. The molecular weight excluding hydrogens is 242 g/mol. The maximum Gasteiger partial charge on any atom is 0.343 e. The van der Waals surface area contributed by atoms with Gasteiger partial charge < -0.3 is 0 Å². The van der Waals surface area contributed by atoms with Crippen LogP contribution in [0.2, 0.25) is 0 Å². The molecule has 0 fully saturated rings. The van der Waals surface area contributed by atoms with Gasteiger partial charge in [0.1, 0.15) is 0 Å². The highest BCUT2D eigenvalue weighted by molar-refractivity contribution is 7.99. The molecular formula is C9H17N5O2S. The number of amides is 1. The third kappa shape index (κ3) is 4.61. The second kappa shape index (κ2) is 7.13. The zero-order valence-electron chi connectivity index (χ0n) is 9.73. The molecule has 0 bridgehead atoms. The monoisotopic (exact) mass is 259 g/mol. The molecule has 1 rings (SSSR count). The summed E-state index contributed by atoms with van der Waals surface area (Å²) < 4.78 is 1.48. The van der Waals surface area contributed by atoms with Crippen LogP contribution in [0, 0.1) is 0 Å².